The van der Waals surface area contributed by atoms with E-state index in [0.29, 0.717) is 32.4 Å². The maximum Gasteiger partial charge on any atom is 0.407 e. The fourth-order valence-electron chi connectivity index (χ4n) is 5.18. The van der Waals surface area contributed by atoms with Crippen LogP contribution < -0.4 is 5.32 Å². The number of fused-ring (bicyclic) bond motifs is 3. The van der Waals surface area contributed by atoms with Gasteiger partial charge in [0.1, 0.15) is 12.1 Å². The molecule has 0 spiro atoms. The highest BCUT2D eigenvalue weighted by molar-refractivity contribution is 5.87. The Balaban J connectivity index is 1.31. The van der Waals surface area contributed by atoms with E-state index in [-0.39, 0.29) is 30.8 Å². The van der Waals surface area contributed by atoms with Crippen LogP contribution >= 0.6 is 0 Å². The number of carbonyl (C=O) groups excluding carboxylic acids is 2. The molecule has 1 heterocycles. The van der Waals surface area contributed by atoms with Gasteiger partial charge < -0.3 is 20.1 Å². The average molecular weight is 465 g/mol. The zero-order chi connectivity index (χ0) is 24.3. The van der Waals surface area contributed by atoms with Gasteiger partial charge in [-0.05, 0) is 47.9 Å². The van der Waals surface area contributed by atoms with E-state index in [2.05, 4.69) is 29.6 Å². The Kier molecular flexibility index (Phi) is 6.91. The molecule has 1 aliphatic carbocycles. The molecule has 1 fully saturated rings. The van der Waals surface area contributed by atoms with Crippen molar-refractivity contribution >= 4 is 18.0 Å². The summed E-state index contributed by atoms with van der Waals surface area (Å²) in [6.45, 7) is 4.56. The number of carbonyl (C=O) groups is 3. The molecular formula is C27H32N2O5. The number of carboxylic acids is 1. The van der Waals surface area contributed by atoms with Crippen molar-refractivity contribution in [2.45, 2.75) is 51.0 Å². The van der Waals surface area contributed by atoms with Crippen LogP contribution in [0.5, 0.6) is 0 Å². The van der Waals surface area contributed by atoms with Crippen molar-refractivity contribution in [2.24, 2.45) is 5.92 Å². The van der Waals surface area contributed by atoms with Crippen LogP contribution in [0.15, 0.2) is 48.5 Å². The Bertz CT molecular complexity index is 1040. The summed E-state index contributed by atoms with van der Waals surface area (Å²) < 4.78 is 5.58. The van der Waals surface area contributed by atoms with Gasteiger partial charge >= 0.3 is 12.1 Å². The summed E-state index contributed by atoms with van der Waals surface area (Å²) >= 11 is 0. The normalized spacial score (nSPS) is 19.9. The topological polar surface area (TPSA) is 95.9 Å². The van der Waals surface area contributed by atoms with Crippen LogP contribution in [0, 0.1) is 5.92 Å². The molecule has 34 heavy (non-hydrogen) atoms. The maximum absolute atomic E-state index is 12.8. The Hall–Kier alpha value is -3.35. The SMILES string of the molecule is CCC(CNC(=O)OCC1c2ccccc2-c2ccccc21)CC(=O)N1CCC[C@]1(C)C(=O)O. The van der Waals surface area contributed by atoms with Gasteiger partial charge in [0, 0.05) is 25.4 Å². The first-order valence-corrected chi connectivity index (χ1v) is 12.0. The molecule has 7 heteroatoms. The lowest BCUT2D eigenvalue weighted by molar-refractivity contribution is -0.155. The summed E-state index contributed by atoms with van der Waals surface area (Å²) in [5, 5.41) is 12.4. The number of carboxylic acid groups (broad SMARTS) is 1. The quantitative estimate of drug-likeness (QED) is 0.603. The number of hydrogen-bond acceptors (Lipinski definition) is 4. The Labute approximate surface area is 200 Å². The lowest BCUT2D eigenvalue weighted by Crippen LogP contribution is -2.51. The van der Waals surface area contributed by atoms with E-state index in [4.69, 9.17) is 4.74 Å². The highest BCUT2D eigenvalue weighted by Crippen LogP contribution is 2.44. The third-order valence-electron chi connectivity index (χ3n) is 7.32. The summed E-state index contributed by atoms with van der Waals surface area (Å²) in [6.07, 6.45) is 1.52. The van der Waals surface area contributed by atoms with E-state index in [1.165, 1.54) is 16.0 Å². The van der Waals surface area contributed by atoms with Crippen molar-refractivity contribution in [1.82, 2.24) is 10.2 Å². The van der Waals surface area contributed by atoms with Gasteiger partial charge in [-0.1, -0.05) is 61.9 Å². The predicted molar refractivity (Wildman–Crippen MR) is 128 cm³/mol. The fourth-order valence-corrected chi connectivity index (χ4v) is 5.18. The number of ether oxygens (including phenoxy) is 1. The summed E-state index contributed by atoms with van der Waals surface area (Å²) in [4.78, 5) is 38.5. The van der Waals surface area contributed by atoms with Gasteiger partial charge in [-0.3, -0.25) is 4.79 Å². The van der Waals surface area contributed by atoms with Crippen molar-refractivity contribution < 1.29 is 24.2 Å². The molecule has 4 rings (SSSR count). The second-order valence-corrected chi connectivity index (χ2v) is 9.41. The number of nitrogens with one attached hydrogen (secondary N) is 1. The zero-order valence-corrected chi connectivity index (χ0v) is 19.8. The number of aliphatic carboxylic acids is 1. The first-order chi connectivity index (χ1) is 16.3. The van der Waals surface area contributed by atoms with Crippen LogP contribution in [-0.4, -0.2) is 53.2 Å². The number of hydrogen-bond donors (Lipinski definition) is 2. The smallest absolute Gasteiger partial charge is 0.407 e. The second kappa shape index (κ2) is 9.87. The third kappa shape index (κ3) is 4.52. The minimum Gasteiger partial charge on any atom is -0.480 e. The molecule has 0 saturated carbocycles. The fraction of sp³-hybridized carbons (Fsp3) is 0.444. The van der Waals surface area contributed by atoms with E-state index < -0.39 is 17.6 Å². The largest absolute Gasteiger partial charge is 0.480 e. The maximum atomic E-state index is 12.8. The van der Waals surface area contributed by atoms with Gasteiger partial charge in [0.05, 0.1) is 0 Å². The summed E-state index contributed by atoms with van der Waals surface area (Å²) in [5.74, 6) is -1.25. The van der Waals surface area contributed by atoms with Crippen molar-refractivity contribution in [3.8, 4) is 11.1 Å². The monoisotopic (exact) mass is 464 g/mol. The standard InChI is InChI=1S/C27H32N2O5/c1-3-18(15-24(30)29-14-8-13-27(29,2)25(31)32)16-28-26(33)34-17-23-21-11-6-4-9-19(21)20-10-5-7-12-22(20)23/h4-7,9-12,18,23H,3,8,13-17H2,1-2H3,(H,28,33)(H,31,32)/t18?,27-/m1/s1. The van der Waals surface area contributed by atoms with Crippen molar-refractivity contribution in [2.75, 3.05) is 19.7 Å². The molecule has 1 aliphatic heterocycles. The molecule has 1 unspecified atom stereocenters. The van der Waals surface area contributed by atoms with Crippen LogP contribution in [0.3, 0.4) is 0 Å². The molecule has 1 saturated heterocycles. The van der Waals surface area contributed by atoms with Gasteiger partial charge in [-0.15, -0.1) is 0 Å². The molecule has 2 N–H and O–H groups in total. The molecule has 2 atom stereocenters. The molecule has 2 aromatic carbocycles. The molecule has 0 bridgehead atoms. The number of nitrogens with zero attached hydrogens (tertiary/aromatic N) is 1. The van der Waals surface area contributed by atoms with E-state index in [9.17, 15) is 19.5 Å². The highest BCUT2D eigenvalue weighted by atomic mass is 16.5. The van der Waals surface area contributed by atoms with Crippen LogP contribution in [0.1, 0.15) is 56.6 Å². The van der Waals surface area contributed by atoms with Crippen LogP contribution in [0.2, 0.25) is 0 Å². The van der Waals surface area contributed by atoms with E-state index in [0.717, 1.165) is 11.1 Å². The predicted octanol–water partition coefficient (Wildman–Crippen LogP) is 4.41. The average Bonchev–Trinajstić information content (AvgIpc) is 3.39. The van der Waals surface area contributed by atoms with Crippen LogP contribution in [0.25, 0.3) is 11.1 Å². The zero-order valence-electron chi connectivity index (χ0n) is 19.8. The number of benzene rings is 2. The molecule has 0 aromatic heterocycles. The molecule has 7 nitrogen and oxygen atoms in total. The van der Waals surface area contributed by atoms with Crippen LogP contribution in [0.4, 0.5) is 4.79 Å². The van der Waals surface area contributed by atoms with Gasteiger partial charge in [-0.25, -0.2) is 9.59 Å². The second-order valence-electron chi connectivity index (χ2n) is 9.41. The minimum atomic E-state index is -1.14. The van der Waals surface area contributed by atoms with Gasteiger partial charge in [0.15, 0.2) is 0 Å². The lowest BCUT2D eigenvalue weighted by Gasteiger charge is -2.32. The van der Waals surface area contributed by atoms with Crippen molar-refractivity contribution in [1.29, 1.82) is 0 Å². The minimum absolute atomic E-state index is 0.00874. The Morgan fingerprint density at radius 2 is 1.74 bits per heavy atom. The van der Waals surface area contributed by atoms with Gasteiger partial charge in [0.2, 0.25) is 5.91 Å². The van der Waals surface area contributed by atoms with Gasteiger partial charge in [0.25, 0.3) is 0 Å². The lowest BCUT2D eigenvalue weighted by atomic mass is 9.96. The summed E-state index contributed by atoms with van der Waals surface area (Å²) in [7, 11) is 0. The van der Waals surface area contributed by atoms with Crippen molar-refractivity contribution in [3.05, 3.63) is 59.7 Å². The van der Waals surface area contributed by atoms with E-state index in [1.54, 1.807) is 6.92 Å². The van der Waals surface area contributed by atoms with E-state index >= 15 is 0 Å². The highest BCUT2D eigenvalue weighted by Gasteiger charge is 2.45. The summed E-state index contributed by atoms with van der Waals surface area (Å²) in [5.41, 5.74) is 3.51. The molecule has 0 radical (unpaired) electrons. The molecule has 180 valence electrons. The number of rotatable bonds is 8. The first kappa shape index (κ1) is 23.8. The summed E-state index contributed by atoms with van der Waals surface area (Å²) in [6, 6.07) is 16.3. The molecule has 2 aromatic rings. The van der Waals surface area contributed by atoms with Crippen LogP contribution in [-0.2, 0) is 14.3 Å². The number of alkyl carbamates (subject to hydrolysis) is 1. The third-order valence-corrected chi connectivity index (χ3v) is 7.32. The first-order valence-electron chi connectivity index (χ1n) is 12.0. The molecule has 2 aliphatic rings. The Morgan fingerprint density at radius 1 is 1.12 bits per heavy atom. The molecule has 2 amide bonds. The van der Waals surface area contributed by atoms with Crippen molar-refractivity contribution in [3.63, 3.8) is 0 Å². The van der Waals surface area contributed by atoms with Gasteiger partial charge in [-0.2, -0.15) is 0 Å². The number of amides is 2. The van der Waals surface area contributed by atoms with E-state index in [1.807, 2.05) is 31.2 Å². The molecular weight excluding hydrogens is 432 g/mol. The number of likely N-dealkylation sites (tertiary alicyclic amines) is 1. The Morgan fingerprint density at radius 3 is 2.32 bits per heavy atom.